The summed E-state index contributed by atoms with van der Waals surface area (Å²) >= 11 is 0. The summed E-state index contributed by atoms with van der Waals surface area (Å²) in [4.78, 5) is 13.9. The largest absolute Gasteiger partial charge is 0.341 e. The van der Waals surface area contributed by atoms with Gasteiger partial charge in [0.05, 0.1) is 11.7 Å². The van der Waals surface area contributed by atoms with Gasteiger partial charge in [0.15, 0.2) is 0 Å². The zero-order valence-electron chi connectivity index (χ0n) is 11.6. The van der Waals surface area contributed by atoms with E-state index in [9.17, 15) is 13.2 Å². The number of hydrogen-bond donors (Lipinski definition) is 1. The zero-order chi connectivity index (χ0) is 14.8. The molecule has 1 fully saturated rings. The lowest BCUT2D eigenvalue weighted by atomic mass is 10.1. The van der Waals surface area contributed by atoms with Gasteiger partial charge in [-0.25, -0.2) is 13.6 Å². The number of rotatable bonds is 3. The Hall–Kier alpha value is -1.40. The number of sulfonamides is 1. The smallest absolute Gasteiger partial charge is 0.227 e. The van der Waals surface area contributed by atoms with E-state index in [0.29, 0.717) is 25.8 Å². The van der Waals surface area contributed by atoms with Gasteiger partial charge in [-0.2, -0.15) is 0 Å². The fraction of sp³-hybridized carbons (Fsp3) is 0.500. The Bertz CT molecular complexity index is 598. The van der Waals surface area contributed by atoms with Crippen LogP contribution in [0.3, 0.4) is 0 Å². The number of benzene rings is 1. The number of likely N-dealkylation sites (tertiary alicyclic amines) is 1. The van der Waals surface area contributed by atoms with Gasteiger partial charge in [-0.15, -0.1) is 0 Å². The highest BCUT2D eigenvalue weighted by atomic mass is 32.2. The summed E-state index contributed by atoms with van der Waals surface area (Å²) in [6, 6.07) is 7.78. The minimum Gasteiger partial charge on any atom is -0.341 e. The van der Waals surface area contributed by atoms with Gasteiger partial charge in [-0.05, 0) is 25.3 Å². The van der Waals surface area contributed by atoms with E-state index in [-0.39, 0.29) is 12.5 Å². The molecule has 6 heteroatoms. The second-order valence-corrected chi connectivity index (χ2v) is 7.20. The molecule has 0 aromatic heterocycles. The van der Waals surface area contributed by atoms with Crippen molar-refractivity contribution in [1.29, 1.82) is 0 Å². The summed E-state index contributed by atoms with van der Waals surface area (Å²) in [7, 11) is -3.57. The van der Waals surface area contributed by atoms with E-state index in [0.717, 1.165) is 11.1 Å². The molecule has 20 heavy (non-hydrogen) atoms. The Balaban J connectivity index is 2.02. The van der Waals surface area contributed by atoms with Crippen LogP contribution < -0.4 is 5.14 Å². The number of nitrogens with two attached hydrogens (primary N) is 1. The molecule has 0 radical (unpaired) electrons. The number of hydrogen-bond acceptors (Lipinski definition) is 3. The van der Waals surface area contributed by atoms with Gasteiger partial charge in [0.25, 0.3) is 0 Å². The molecular formula is C14H20N2O3S. The van der Waals surface area contributed by atoms with Crippen LogP contribution in [0, 0.1) is 6.92 Å². The van der Waals surface area contributed by atoms with Crippen LogP contribution in [0.4, 0.5) is 0 Å². The summed E-state index contributed by atoms with van der Waals surface area (Å²) in [6.45, 7) is 2.80. The van der Waals surface area contributed by atoms with Crippen molar-refractivity contribution in [1.82, 2.24) is 4.90 Å². The van der Waals surface area contributed by atoms with E-state index in [4.69, 9.17) is 5.14 Å². The van der Waals surface area contributed by atoms with Gasteiger partial charge in [0.1, 0.15) is 0 Å². The number of amides is 1. The Kier molecular flexibility index (Phi) is 4.45. The lowest BCUT2D eigenvalue weighted by Crippen LogP contribution is -2.47. The van der Waals surface area contributed by atoms with Crippen LogP contribution in [0.2, 0.25) is 0 Å². The van der Waals surface area contributed by atoms with Crippen molar-refractivity contribution in [2.24, 2.45) is 5.14 Å². The van der Waals surface area contributed by atoms with Crippen LogP contribution in [0.15, 0.2) is 24.3 Å². The molecule has 2 N–H and O–H groups in total. The number of carbonyl (C=O) groups is 1. The van der Waals surface area contributed by atoms with Crippen molar-refractivity contribution in [3.05, 3.63) is 35.4 Å². The maximum atomic E-state index is 12.2. The summed E-state index contributed by atoms with van der Waals surface area (Å²) in [5.41, 5.74) is 2.06. The molecule has 1 saturated heterocycles. The molecule has 1 aliphatic rings. The van der Waals surface area contributed by atoms with E-state index in [1.165, 1.54) is 0 Å². The Morgan fingerprint density at radius 3 is 2.85 bits per heavy atom. The first-order chi connectivity index (χ1) is 9.36. The summed E-state index contributed by atoms with van der Waals surface area (Å²) in [5.74, 6) is -0.0380. The maximum Gasteiger partial charge on any atom is 0.227 e. The molecule has 1 unspecified atom stereocenters. The third-order valence-electron chi connectivity index (χ3n) is 3.63. The monoisotopic (exact) mass is 296 g/mol. The SMILES string of the molecule is Cc1cccc(CC(=O)N2CCCC(S(N)(=O)=O)C2)c1. The van der Waals surface area contributed by atoms with Gasteiger partial charge in [0, 0.05) is 13.1 Å². The van der Waals surface area contributed by atoms with Crippen LogP contribution in [0.25, 0.3) is 0 Å². The van der Waals surface area contributed by atoms with Gasteiger partial charge in [0.2, 0.25) is 15.9 Å². The molecular weight excluding hydrogens is 276 g/mol. The average Bonchev–Trinajstić information content (AvgIpc) is 2.38. The standard InChI is InChI=1S/C14H20N2O3S/c1-11-4-2-5-12(8-11)9-14(17)16-7-3-6-13(10-16)20(15,18)19/h2,4-5,8,13H,3,6-7,9-10H2,1H3,(H2,15,18,19). The molecule has 5 nitrogen and oxygen atoms in total. The highest BCUT2D eigenvalue weighted by molar-refractivity contribution is 7.89. The summed E-state index contributed by atoms with van der Waals surface area (Å²) < 4.78 is 22.8. The highest BCUT2D eigenvalue weighted by Gasteiger charge is 2.30. The normalized spacial score (nSPS) is 19.9. The van der Waals surface area contributed by atoms with E-state index in [2.05, 4.69) is 0 Å². The molecule has 0 spiro atoms. The zero-order valence-corrected chi connectivity index (χ0v) is 12.4. The van der Waals surface area contributed by atoms with Gasteiger partial charge < -0.3 is 4.90 Å². The van der Waals surface area contributed by atoms with Crippen LogP contribution in [0.1, 0.15) is 24.0 Å². The van der Waals surface area contributed by atoms with E-state index >= 15 is 0 Å². The van der Waals surface area contributed by atoms with Crippen molar-refractivity contribution in [3.63, 3.8) is 0 Å². The molecule has 0 aliphatic carbocycles. The Labute approximate surface area is 119 Å². The topological polar surface area (TPSA) is 80.5 Å². The quantitative estimate of drug-likeness (QED) is 0.896. The van der Waals surface area contributed by atoms with E-state index in [1.54, 1.807) is 4.90 Å². The first-order valence-electron chi connectivity index (χ1n) is 6.71. The number of aryl methyl sites for hydroxylation is 1. The molecule has 110 valence electrons. The molecule has 1 atom stereocenters. The first-order valence-corrected chi connectivity index (χ1v) is 8.32. The van der Waals surface area contributed by atoms with Crippen LogP contribution >= 0.6 is 0 Å². The van der Waals surface area contributed by atoms with Crippen molar-refractivity contribution in [3.8, 4) is 0 Å². The highest BCUT2D eigenvalue weighted by Crippen LogP contribution is 2.16. The predicted molar refractivity (Wildman–Crippen MR) is 77.6 cm³/mol. The molecule has 1 aromatic rings. The lowest BCUT2D eigenvalue weighted by molar-refractivity contribution is -0.131. The van der Waals surface area contributed by atoms with Gasteiger partial charge >= 0.3 is 0 Å². The van der Waals surface area contributed by atoms with Crippen molar-refractivity contribution >= 4 is 15.9 Å². The molecule has 0 bridgehead atoms. The van der Waals surface area contributed by atoms with Crippen molar-refractivity contribution < 1.29 is 13.2 Å². The molecule has 1 heterocycles. The first kappa shape index (κ1) is 15.0. The Morgan fingerprint density at radius 1 is 1.45 bits per heavy atom. The summed E-state index contributed by atoms with van der Waals surface area (Å²) in [6.07, 6.45) is 1.52. The van der Waals surface area contributed by atoms with Crippen LogP contribution in [-0.4, -0.2) is 37.6 Å². The predicted octanol–water partition coefficient (Wildman–Crippen LogP) is 0.817. The van der Waals surface area contributed by atoms with Crippen LogP contribution in [-0.2, 0) is 21.2 Å². The molecule has 1 aromatic carbocycles. The van der Waals surface area contributed by atoms with Gasteiger partial charge in [-0.1, -0.05) is 29.8 Å². The average molecular weight is 296 g/mol. The van der Waals surface area contributed by atoms with E-state index < -0.39 is 15.3 Å². The van der Waals surface area contributed by atoms with Gasteiger partial charge in [-0.3, -0.25) is 4.79 Å². The fourth-order valence-corrected chi connectivity index (χ4v) is 3.42. The maximum absolute atomic E-state index is 12.2. The van der Waals surface area contributed by atoms with Crippen molar-refractivity contribution in [2.75, 3.05) is 13.1 Å². The third-order valence-corrected chi connectivity index (χ3v) is 4.95. The number of nitrogens with zero attached hydrogens (tertiary/aromatic N) is 1. The van der Waals surface area contributed by atoms with Crippen LogP contribution in [0.5, 0.6) is 0 Å². The third kappa shape index (κ3) is 3.80. The number of piperidine rings is 1. The molecule has 1 aliphatic heterocycles. The second-order valence-electron chi connectivity index (χ2n) is 5.36. The minimum absolute atomic E-state index is 0.0380. The second kappa shape index (κ2) is 5.93. The summed E-state index contributed by atoms with van der Waals surface area (Å²) in [5, 5.41) is 4.55. The molecule has 0 saturated carbocycles. The minimum atomic E-state index is -3.57. The fourth-order valence-electron chi connectivity index (χ4n) is 2.54. The number of primary sulfonamides is 1. The number of carbonyl (C=O) groups excluding carboxylic acids is 1. The van der Waals surface area contributed by atoms with Crippen molar-refractivity contribution in [2.45, 2.75) is 31.4 Å². The Morgan fingerprint density at radius 2 is 2.20 bits per heavy atom. The molecule has 1 amide bonds. The lowest BCUT2D eigenvalue weighted by Gasteiger charge is -2.31. The molecule has 2 rings (SSSR count). The van der Waals surface area contributed by atoms with E-state index in [1.807, 2.05) is 31.2 Å².